The highest BCUT2D eigenvalue weighted by Crippen LogP contribution is 2.19. The highest BCUT2D eigenvalue weighted by molar-refractivity contribution is 7.16. The third-order valence-corrected chi connectivity index (χ3v) is 3.35. The fraction of sp³-hybridized carbons (Fsp3) is 0.700. The van der Waals surface area contributed by atoms with E-state index in [1.165, 1.54) is 0 Å². The van der Waals surface area contributed by atoms with Crippen LogP contribution in [-0.4, -0.2) is 25.9 Å². The van der Waals surface area contributed by atoms with Crippen LogP contribution in [0.3, 0.4) is 0 Å². The van der Waals surface area contributed by atoms with Crippen LogP contribution in [0.5, 0.6) is 0 Å². The molecule has 1 atom stereocenters. The number of fused-ring (bicyclic) bond motifs is 1. The smallest absolute Gasteiger partial charge is 0.234 e. The molecule has 88 valence electrons. The second-order valence-electron chi connectivity index (χ2n) is 4.42. The Bertz CT molecular complexity index is 470. The van der Waals surface area contributed by atoms with Gasteiger partial charge in [0.15, 0.2) is 5.82 Å². The molecule has 2 aromatic rings. The van der Waals surface area contributed by atoms with Crippen LogP contribution in [0.1, 0.15) is 43.9 Å². The first-order chi connectivity index (χ1) is 7.58. The maximum atomic E-state index is 5.73. The number of aryl methyl sites for hydroxylation is 1. The maximum absolute atomic E-state index is 5.73. The fourth-order valence-corrected chi connectivity index (χ4v) is 2.34. The Morgan fingerprint density at radius 3 is 2.69 bits per heavy atom. The minimum Gasteiger partial charge on any atom is -0.328 e. The topological polar surface area (TPSA) is 69.1 Å². The van der Waals surface area contributed by atoms with E-state index >= 15 is 0 Å². The Morgan fingerprint density at radius 1 is 1.31 bits per heavy atom. The first kappa shape index (κ1) is 11.5. The van der Waals surface area contributed by atoms with Crippen LogP contribution in [0.15, 0.2) is 0 Å². The van der Waals surface area contributed by atoms with E-state index in [1.807, 2.05) is 11.4 Å². The SMILES string of the molecule is CC(N)CCc1nn2c(C(C)C)nnc2s1. The van der Waals surface area contributed by atoms with Crippen molar-refractivity contribution in [2.75, 3.05) is 0 Å². The molecule has 0 fully saturated rings. The molecule has 0 saturated carbocycles. The number of nitrogens with two attached hydrogens (primary N) is 1. The maximum Gasteiger partial charge on any atom is 0.234 e. The van der Waals surface area contributed by atoms with Crippen molar-refractivity contribution >= 4 is 16.3 Å². The molecule has 0 aliphatic rings. The first-order valence-corrected chi connectivity index (χ1v) is 6.36. The van der Waals surface area contributed by atoms with Crippen LogP contribution in [0.25, 0.3) is 4.96 Å². The average Bonchev–Trinajstić information content (AvgIpc) is 2.71. The van der Waals surface area contributed by atoms with Gasteiger partial charge in [-0.25, -0.2) is 0 Å². The van der Waals surface area contributed by atoms with Crippen molar-refractivity contribution in [2.45, 2.75) is 45.6 Å². The Morgan fingerprint density at radius 2 is 2.06 bits per heavy atom. The van der Waals surface area contributed by atoms with E-state index in [-0.39, 0.29) is 6.04 Å². The molecule has 0 aliphatic heterocycles. The number of rotatable bonds is 4. The average molecular weight is 239 g/mol. The zero-order valence-electron chi connectivity index (χ0n) is 9.84. The Labute approximate surface area is 98.7 Å². The van der Waals surface area contributed by atoms with E-state index in [0.29, 0.717) is 5.92 Å². The van der Waals surface area contributed by atoms with Gasteiger partial charge < -0.3 is 5.73 Å². The number of hydrogen-bond acceptors (Lipinski definition) is 5. The summed E-state index contributed by atoms with van der Waals surface area (Å²) in [4.78, 5) is 0.878. The van der Waals surface area contributed by atoms with Crippen LogP contribution in [0, 0.1) is 0 Å². The van der Waals surface area contributed by atoms with E-state index in [9.17, 15) is 0 Å². The lowest BCUT2D eigenvalue weighted by atomic mass is 10.2. The zero-order chi connectivity index (χ0) is 11.7. The van der Waals surface area contributed by atoms with Gasteiger partial charge in [0.25, 0.3) is 0 Å². The molecule has 2 aromatic heterocycles. The summed E-state index contributed by atoms with van der Waals surface area (Å²) in [6, 6.07) is 0.221. The summed E-state index contributed by atoms with van der Waals surface area (Å²) in [7, 11) is 0. The molecular formula is C10H17N5S. The molecule has 0 aromatic carbocycles. The highest BCUT2D eigenvalue weighted by atomic mass is 32.1. The van der Waals surface area contributed by atoms with Gasteiger partial charge in [0, 0.05) is 18.4 Å². The van der Waals surface area contributed by atoms with Gasteiger partial charge in [-0.15, -0.1) is 10.2 Å². The molecule has 16 heavy (non-hydrogen) atoms. The van der Waals surface area contributed by atoms with Crippen LogP contribution in [-0.2, 0) is 6.42 Å². The molecule has 2 heterocycles. The Kier molecular flexibility index (Phi) is 3.20. The third kappa shape index (κ3) is 2.22. The summed E-state index contributed by atoms with van der Waals surface area (Å²) in [5.74, 6) is 1.27. The molecular weight excluding hydrogens is 222 g/mol. The molecule has 2 N–H and O–H groups in total. The number of nitrogens with zero attached hydrogens (tertiary/aromatic N) is 4. The molecule has 0 amide bonds. The van der Waals surface area contributed by atoms with Gasteiger partial charge >= 0.3 is 0 Å². The second kappa shape index (κ2) is 4.47. The van der Waals surface area contributed by atoms with Gasteiger partial charge in [0.2, 0.25) is 4.96 Å². The molecule has 2 rings (SSSR count). The standard InChI is InChI=1S/C10H17N5S/c1-6(2)9-12-13-10-15(9)14-8(16-10)5-4-7(3)11/h6-7H,4-5,11H2,1-3H3. The van der Waals surface area contributed by atoms with Crippen molar-refractivity contribution in [3.05, 3.63) is 10.8 Å². The zero-order valence-corrected chi connectivity index (χ0v) is 10.7. The quantitative estimate of drug-likeness (QED) is 0.879. The van der Waals surface area contributed by atoms with Crippen LogP contribution < -0.4 is 5.73 Å². The molecule has 0 aliphatic carbocycles. The predicted octanol–water partition coefficient (Wildman–Crippen LogP) is 1.59. The molecule has 0 spiro atoms. The van der Waals surface area contributed by atoms with E-state index in [0.717, 1.165) is 28.6 Å². The van der Waals surface area contributed by atoms with E-state index in [4.69, 9.17) is 5.73 Å². The Hall–Kier alpha value is -1.01. The minimum atomic E-state index is 0.221. The van der Waals surface area contributed by atoms with Gasteiger partial charge in [-0.05, 0) is 13.3 Å². The highest BCUT2D eigenvalue weighted by Gasteiger charge is 2.13. The molecule has 0 saturated heterocycles. The summed E-state index contributed by atoms with van der Waals surface area (Å²) in [5.41, 5.74) is 5.73. The van der Waals surface area contributed by atoms with Gasteiger partial charge in [-0.2, -0.15) is 9.61 Å². The lowest BCUT2D eigenvalue weighted by Crippen LogP contribution is -2.15. The third-order valence-electron chi connectivity index (χ3n) is 2.39. The summed E-state index contributed by atoms with van der Waals surface area (Å²) in [6.45, 7) is 6.20. The first-order valence-electron chi connectivity index (χ1n) is 5.54. The number of aromatic nitrogens is 4. The van der Waals surface area contributed by atoms with Crippen molar-refractivity contribution < 1.29 is 0 Å². The van der Waals surface area contributed by atoms with E-state index < -0.39 is 0 Å². The summed E-state index contributed by atoms with van der Waals surface area (Å²) >= 11 is 1.60. The van der Waals surface area contributed by atoms with Gasteiger partial charge in [-0.3, -0.25) is 0 Å². The molecule has 0 bridgehead atoms. The Balaban J connectivity index is 2.23. The van der Waals surface area contributed by atoms with Crippen molar-refractivity contribution in [2.24, 2.45) is 5.73 Å². The largest absolute Gasteiger partial charge is 0.328 e. The fourth-order valence-electron chi connectivity index (χ4n) is 1.48. The van der Waals surface area contributed by atoms with Gasteiger partial charge in [-0.1, -0.05) is 25.2 Å². The lowest BCUT2D eigenvalue weighted by Gasteiger charge is -2.01. The summed E-state index contributed by atoms with van der Waals surface area (Å²) < 4.78 is 1.85. The van der Waals surface area contributed by atoms with Gasteiger partial charge in [0.05, 0.1) is 0 Å². The van der Waals surface area contributed by atoms with Crippen molar-refractivity contribution in [3.63, 3.8) is 0 Å². The predicted molar refractivity (Wildman–Crippen MR) is 64.7 cm³/mol. The monoisotopic (exact) mass is 239 g/mol. The van der Waals surface area contributed by atoms with E-state index in [1.54, 1.807) is 11.3 Å². The normalized spacial score (nSPS) is 13.8. The van der Waals surface area contributed by atoms with E-state index in [2.05, 4.69) is 29.1 Å². The minimum absolute atomic E-state index is 0.221. The van der Waals surface area contributed by atoms with Crippen LogP contribution >= 0.6 is 11.3 Å². The summed E-state index contributed by atoms with van der Waals surface area (Å²) in [5, 5.41) is 13.9. The van der Waals surface area contributed by atoms with Crippen molar-refractivity contribution in [3.8, 4) is 0 Å². The molecule has 0 radical (unpaired) electrons. The van der Waals surface area contributed by atoms with Crippen molar-refractivity contribution in [1.29, 1.82) is 0 Å². The molecule has 6 heteroatoms. The van der Waals surface area contributed by atoms with Gasteiger partial charge in [0.1, 0.15) is 5.01 Å². The molecule has 1 unspecified atom stereocenters. The molecule has 5 nitrogen and oxygen atoms in total. The lowest BCUT2D eigenvalue weighted by molar-refractivity contribution is 0.652. The second-order valence-corrected chi connectivity index (χ2v) is 5.46. The van der Waals surface area contributed by atoms with Crippen LogP contribution in [0.4, 0.5) is 0 Å². The number of hydrogen-bond donors (Lipinski definition) is 1. The van der Waals surface area contributed by atoms with Crippen LogP contribution in [0.2, 0.25) is 0 Å². The van der Waals surface area contributed by atoms with Crippen molar-refractivity contribution in [1.82, 2.24) is 19.8 Å². The summed E-state index contributed by atoms with van der Waals surface area (Å²) in [6.07, 6.45) is 1.88.